The van der Waals surface area contributed by atoms with Crippen LogP contribution in [0.1, 0.15) is 20.3 Å². The van der Waals surface area contributed by atoms with Crippen molar-refractivity contribution in [1.29, 1.82) is 0 Å². The fraction of sp³-hybridized carbons (Fsp3) is 0.778. The Balaban J connectivity index is 2.52. The van der Waals surface area contributed by atoms with E-state index in [1.54, 1.807) is 6.26 Å². The first kappa shape index (κ1) is 8.98. The lowest BCUT2D eigenvalue weighted by atomic mass is 10.00. The van der Waals surface area contributed by atoms with E-state index in [4.69, 9.17) is 0 Å². The predicted molar refractivity (Wildman–Crippen MR) is 50.0 cm³/mol. The summed E-state index contributed by atoms with van der Waals surface area (Å²) in [6.45, 7) is 4.40. The Morgan fingerprint density at radius 2 is 2.36 bits per heavy atom. The molecule has 0 N–H and O–H groups in total. The van der Waals surface area contributed by atoms with Gasteiger partial charge in [0.2, 0.25) is 0 Å². The standard InChI is InChI=1S/C9H16OS/c1-7-4-8(2)9(5-7)6-11(3)10/h5,8-9H,4,6H2,1-3H3. The van der Waals surface area contributed by atoms with Crippen LogP contribution in [0.3, 0.4) is 0 Å². The molecular weight excluding hydrogens is 156 g/mol. The first-order chi connectivity index (χ1) is 5.09. The fourth-order valence-corrected chi connectivity index (χ4v) is 2.71. The molecule has 3 atom stereocenters. The summed E-state index contributed by atoms with van der Waals surface area (Å²) in [5.74, 6) is 2.12. The summed E-state index contributed by atoms with van der Waals surface area (Å²) in [4.78, 5) is 0. The van der Waals surface area contributed by atoms with Crippen LogP contribution in [0.15, 0.2) is 11.6 Å². The molecule has 0 aromatic heterocycles. The largest absolute Gasteiger partial charge is 0.260 e. The minimum absolute atomic E-state index is 0.570. The maximum absolute atomic E-state index is 10.9. The highest BCUT2D eigenvalue weighted by Crippen LogP contribution is 2.30. The predicted octanol–water partition coefficient (Wildman–Crippen LogP) is 1.97. The average Bonchev–Trinajstić information content (AvgIpc) is 2.09. The summed E-state index contributed by atoms with van der Waals surface area (Å²) in [6.07, 6.45) is 5.27. The maximum atomic E-state index is 10.9. The van der Waals surface area contributed by atoms with E-state index in [9.17, 15) is 4.21 Å². The summed E-state index contributed by atoms with van der Waals surface area (Å²) < 4.78 is 10.9. The first-order valence-corrected chi connectivity index (χ1v) is 5.79. The number of rotatable bonds is 2. The monoisotopic (exact) mass is 172 g/mol. The van der Waals surface area contributed by atoms with Gasteiger partial charge in [-0.3, -0.25) is 4.21 Å². The molecule has 0 spiro atoms. The van der Waals surface area contributed by atoms with Gasteiger partial charge in [-0.25, -0.2) is 0 Å². The molecule has 0 aliphatic heterocycles. The smallest absolute Gasteiger partial charge is 0.0297 e. The Morgan fingerprint density at radius 3 is 2.73 bits per heavy atom. The van der Waals surface area contributed by atoms with Crippen LogP contribution < -0.4 is 0 Å². The van der Waals surface area contributed by atoms with Gasteiger partial charge in [-0.1, -0.05) is 18.6 Å². The van der Waals surface area contributed by atoms with Gasteiger partial charge < -0.3 is 0 Å². The van der Waals surface area contributed by atoms with Gasteiger partial charge in [-0.15, -0.1) is 0 Å². The van der Waals surface area contributed by atoms with Gasteiger partial charge >= 0.3 is 0 Å². The molecule has 0 bridgehead atoms. The van der Waals surface area contributed by atoms with Crippen LogP contribution in [0.2, 0.25) is 0 Å². The Labute approximate surface area is 71.3 Å². The summed E-state index contributed by atoms with van der Waals surface area (Å²) in [6, 6.07) is 0. The van der Waals surface area contributed by atoms with Crippen molar-refractivity contribution in [2.24, 2.45) is 11.8 Å². The van der Waals surface area contributed by atoms with Crippen molar-refractivity contribution < 1.29 is 4.21 Å². The molecule has 0 heterocycles. The van der Waals surface area contributed by atoms with Crippen molar-refractivity contribution >= 4 is 10.8 Å². The molecular formula is C9H16OS. The molecule has 2 heteroatoms. The van der Waals surface area contributed by atoms with E-state index in [0.29, 0.717) is 11.8 Å². The molecule has 1 aliphatic rings. The molecule has 1 nitrogen and oxygen atoms in total. The SMILES string of the molecule is CC1=CC(CS(C)=O)C(C)C1. The zero-order chi connectivity index (χ0) is 8.43. The molecule has 0 fully saturated rings. The molecule has 1 rings (SSSR count). The third kappa shape index (κ3) is 2.44. The second-order valence-electron chi connectivity index (χ2n) is 3.60. The third-order valence-corrected chi connectivity index (χ3v) is 3.15. The number of hydrogen-bond donors (Lipinski definition) is 0. The first-order valence-electron chi connectivity index (χ1n) is 4.07. The lowest BCUT2D eigenvalue weighted by Crippen LogP contribution is -2.12. The molecule has 0 saturated carbocycles. The van der Waals surface area contributed by atoms with Crippen molar-refractivity contribution in [2.75, 3.05) is 12.0 Å². The van der Waals surface area contributed by atoms with Gasteiger partial charge in [0.1, 0.15) is 0 Å². The second kappa shape index (κ2) is 3.53. The summed E-state index contributed by atoms with van der Waals surface area (Å²) >= 11 is 0. The Morgan fingerprint density at radius 1 is 1.73 bits per heavy atom. The summed E-state index contributed by atoms with van der Waals surface area (Å²) in [7, 11) is -0.636. The van der Waals surface area contributed by atoms with Crippen LogP contribution in [0.5, 0.6) is 0 Å². The normalized spacial score (nSPS) is 33.5. The van der Waals surface area contributed by atoms with Crippen LogP contribution in [-0.4, -0.2) is 16.2 Å². The minimum Gasteiger partial charge on any atom is -0.260 e. The molecule has 1 aliphatic carbocycles. The van der Waals surface area contributed by atoms with E-state index < -0.39 is 10.8 Å². The second-order valence-corrected chi connectivity index (χ2v) is 5.08. The Kier molecular flexibility index (Phi) is 2.88. The maximum Gasteiger partial charge on any atom is 0.0297 e. The van der Waals surface area contributed by atoms with E-state index in [-0.39, 0.29) is 0 Å². The van der Waals surface area contributed by atoms with E-state index in [0.717, 1.165) is 5.75 Å². The Hall–Kier alpha value is -0.110. The third-order valence-electron chi connectivity index (χ3n) is 2.30. The minimum atomic E-state index is -0.636. The van der Waals surface area contributed by atoms with Crippen LogP contribution in [-0.2, 0) is 10.8 Å². The van der Waals surface area contributed by atoms with Crippen molar-refractivity contribution in [3.63, 3.8) is 0 Å². The van der Waals surface area contributed by atoms with Gasteiger partial charge in [0.05, 0.1) is 0 Å². The van der Waals surface area contributed by atoms with Crippen molar-refractivity contribution in [2.45, 2.75) is 20.3 Å². The van der Waals surface area contributed by atoms with Crippen LogP contribution in [0, 0.1) is 11.8 Å². The van der Waals surface area contributed by atoms with E-state index >= 15 is 0 Å². The van der Waals surface area contributed by atoms with Crippen LogP contribution in [0.4, 0.5) is 0 Å². The molecule has 0 radical (unpaired) electrons. The van der Waals surface area contributed by atoms with Gasteiger partial charge in [0.15, 0.2) is 0 Å². The van der Waals surface area contributed by atoms with E-state index in [1.807, 2.05) is 0 Å². The van der Waals surface area contributed by atoms with Gasteiger partial charge in [0.25, 0.3) is 0 Å². The van der Waals surface area contributed by atoms with Crippen molar-refractivity contribution in [1.82, 2.24) is 0 Å². The summed E-state index contributed by atoms with van der Waals surface area (Å²) in [5.41, 5.74) is 1.47. The highest BCUT2D eigenvalue weighted by atomic mass is 32.2. The molecule has 3 unspecified atom stereocenters. The van der Waals surface area contributed by atoms with Gasteiger partial charge in [-0.2, -0.15) is 0 Å². The zero-order valence-corrected chi connectivity index (χ0v) is 8.28. The molecule has 64 valence electrons. The van der Waals surface area contributed by atoms with Gasteiger partial charge in [-0.05, 0) is 25.2 Å². The highest BCUT2D eigenvalue weighted by Gasteiger charge is 2.22. The zero-order valence-electron chi connectivity index (χ0n) is 7.46. The summed E-state index contributed by atoms with van der Waals surface area (Å²) in [5, 5.41) is 0. The molecule has 0 aromatic rings. The average molecular weight is 172 g/mol. The lowest BCUT2D eigenvalue weighted by Gasteiger charge is -2.11. The molecule has 0 amide bonds. The molecule has 0 aromatic carbocycles. The van der Waals surface area contributed by atoms with Gasteiger partial charge in [0, 0.05) is 22.8 Å². The Bertz CT molecular complexity index is 196. The van der Waals surface area contributed by atoms with E-state index in [2.05, 4.69) is 19.9 Å². The van der Waals surface area contributed by atoms with E-state index in [1.165, 1.54) is 12.0 Å². The highest BCUT2D eigenvalue weighted by molar-refractivity contribution is 7.84. The van der Waals surface area contributed by atoms with Crippen LogP contribution >= 0.6 is 0 Å². The quantitative estimate of drug-likeness (QED) is 0.582. The molecule has 11 heavy (non-hydrogen) atoms. The lowest BCUT2D eigenvalue weighted by molar-refractivity contribution is 0.496. The number of hydrogen-bond acceptors (Lipinski definition) is 1. The van der Waals surface area contributed by atoms with Crippen molar-refractivity contribution in [3.05, 3.63) is 11.6 Å². The number of allylic oxidation sites excluding steroid dienone is 2. The van der Waals surface area contributed by atoms with Crippen molar-refractivity contribution in [3.8, 4) is 0 Å². The van der Waals surface area contributed by atoms with Crippen LogP contribution in [0.25, 0.3) is 0 Å². The topological polar surface area (TPSA) is 17.1 Å². The fourth-order valence-electron chi connectivity index (χ4n) is 1.74. The molecule has 0 saturated heterocycles.